The van der Waals surface area contributed by atoms with Crippen LogP contribution in [0.4, 0.5) is 0 Å². The minimum atomic E-state index is -4.89. The quantitative estimate of drug-likeness (QED) is 0.0126. The fourth-order valence-corrected chi connectivity index (χ4v) is 7.56. The number of esters is 2. The minimum Gasteiger partial charge on any atom is -0.462 e. The third kappa shape index (κ3) is 48.0. The monoisotopic (exact) mass is 975 g/mol. The zero-order valence-electron chi connectivity index (χ0n) is 40.5. The molecule has 16 heteroatoms. The lowest BCUT2D eigenvalue weighted by atomic mass is 10.0. The van der Waals surface area contributed by atoms with Crippen LogP contribution in [0.2, 0.25) is 0 Å². The molecule has 0 rings (SSSR count). The van der Waals surface area contributed by atoms with E-state index in [-0.39, 0.29) is 19.3 Å². The highest BCUT2D eigenvalue weighted by Crippen LogP contribution is 2.44. The van der Waals surface area contributed by atoms with Crippen molar-refractivity contribution in [3.8, 4) is 0 Å². The van der Waals surface area contributed by atoms with E-state index in [0.29, 0.717) is 6.42 Å². The SMILES string of the molecule is CC/C=C\C/C=C\C/C=C\C/C=C\C/C=C\C=C/C(O)CCC(=O)OC[C@H](COP(=O)(O)OC[C@@H](O)COP(=O)(O)O)OC(=O)CCCCCCCCCCCCCCCCCCC(C)C. The molecule has 0 heterocycles. The first kappa shape index (κ1) is 63.5. The molecule has 0 aliphatic heterocycles. The Morgan fingerprint density at radius 2 is 0.970 bits per heavy atom. The molecule has 0 aromatic carbocycles. The molecular weight excluding hydrogens is 886 g/mol. The van der Waals surface area contributed by atoms with E-state index in [4.69, 9.17) is 23.8 Å². The fourth-order valence-electron chi connectivity index (χ4n) is 6.41. The van der Waals surface area contributed by atoms with Crippen molar-refractivity contribution < 1.29 is 66.7 Å². The number of carbonyl (C=O) groups excluding carboxylic acids is 2. The summed E-state index contributed by atoms with van der Waals surface area (Å²) >= 11 is 0. The molecule has 0 bridgehead atoms. The number of aliphatic hydroxyl groups excluding tert-OH is 2. The number of unbranched alkanes of at least 4 members (excludes halogenated alkanes) is 15. The molecule has 0 aliphatic carbocycles. The van der Waals surface area contributed by atoms with Gasteiger partial charge >= 0.3 is 27.6 Å². The van der Waals surface area contributed by atoms with Crippen molar-refractivity contribution in [1.82, 2.24) is 0 Å². The third-order valence-electron chi connectivity index (χ3n) is 10.1. The van der Waals surface area contributed by atoms with Crippen LogP contribution in [-0.2, 0) is 41.8 Å². The van der Waals surface area contributed by atoms with E-state index in [1.165, 1.54) is 77.0 Å². The Balaban J connectivity index is 4.64. The van der Waals surface area contributed by atoms with E-state index < -0.39 is 72.3 Å². The van der Waals surface area contributed by atoms with Gasteiger partial charge in [0.05, 0.1) is 25.9 Å². The number of carbonyl (C=O) groups is 2. The van der Waals surface area contributed by atoms with Gasteiger partial charge in [-0.2, -0.15) is 0 Å². The zero-order chi connectivity index (χ0) is 49.0. The lowest BCUT2D eigenvalue weighted by Gasteiger charge is -2.20. The van der Waals surface area contributed by atoms with Gasteiger partial charge in [0, 0.05) is 12.8 Å². The summed E-state index contributed by atoms with van der Waals surface area (Å²) in [6.07, 6.45) is 45.1. The van der Waals surface area contributed by atoms with Crippen LogP contribution in [0, 0.1) is 5.92 Å². The number of phosphoric ester groups is 2. The minimum absolute atomic E-state index is 0.0632. The molecule has 0 radical (unpaired) electrons. The molecule has 0 fully saturated rings. The molecule has 0 saturated heterocycles. The first-order valence-electron chi connectivity index (χ1n) is 24.6. The van der Waals surface area contributed by atoms with Gasteiger partial charge in [0.15, 0.2) is 6.10 Å². The van der Waals surface area contributed by atoms with Crippen molar-refractivity contribution in [2.75, 3.05) is 26.4 Å². The Morgan fingerprint density at radius 1 is 0.515 bits per heavy atom. The summed E-state index contributed by atoms with van der Waals surface area (Å²) in [6.45, 7) is 3.73. The molecule has 382 valence electrons. The summed E-state index contributed by atoms with van der Waals surface area (Å²) in [6, 6.07) is 0. The van der Waals surface area contributed by atoms with Crippen LogP contribution < -0.4 is 0 Å². The average molecular weight is 975 g/mol. The van der Waals surface area contributed by atoms with Crippen molar-refractivity contribution in [2.45, 2.75) is 200 Å². The van der Waals surface area contributed by atoms with Crippen molar-refractivity contribution >= 4 is 27.6 Å². The van der Waals surface area contributed by atoms with E-state index in [0.717, 1.165) is 63.7 Å². The van der Waals surface area contributed by atoms with Gasteiger partial charge < -0.3 is 34.4 Å². The Hall–Kier alpha value is -2.48. The van der Waals surface area contributed by atoms with Gasteiger partial charge in [-0.25, -0.2) is 9.13 Å². The van der Waals surface area contributed by atoms with Crippen molar-refractivity contribution in [3.63, 3.8) is 0 Å². The molecular formula is C50H88O14P2. The molecule has 0 aliphatic rings. The van der Waals surface area contributed by atoms with Gasteiger partial charge in [0.25, 0.3) is 0 Å². The van der Waals surface area contributed by atoms with Crippen LogP contribution >= 0.6 is 15.6 Å². The summed E-state index contributed by atoms with van der Waals surface area (Å²) in [5, 5.41) is 20.1. The highest BCUT2D eigenvalue weighted by atomic mass is 31.2. The first-order chi connectivity index (χ1) is 31.6. The number of rotatable bonds is 45. The van der Waals surface area contributed by atoms with Crippen LogP contribution in [0.1, 0.15) is 181 Å². The number of aliphatic hydroxyl groups is 2. The maximum absolute atomic E-state index is 12.7. The molecule has 5 N–H and O–H groups in total. The van der Waals surface area contributed by atoms with Crippen molar-refractivity contribution in [3.05, 3.63) is 72.9 Å². The molecule has 0 aromatic heterocycles. The van der Waals surface area contributed by atoms with E-state index >= 15 is 0 Å². The topological polar surface area (TPSA) is 216 Å². The van der Waals surface area contributed by atoms with Crippen LogP contribution in [0.3, 0.4) is 0 Å². The van der Waals surface area contributed by atoms with Gasteiger partial charge in [-0.05, 0) is 50.9 Å². The van der Waals surface area contributed by atoms with Crippen molar-refractivity contribution in [1.29, 1.82) is 0 Å². The molecule has 66 heavy (non-hydrogen) atoms. The molecule has 0 spiro atoms. The summed E-state index contributed by atoms with van der Waals surface area (Å²) in [5.41, 5.74) is 0. The highest BCUT2D eigenvalue weighted by Gasteiger charge is 2.28. The largest absolute Gasteiger partial charge is 0.472 e. The predicted octanol–water partition coefficient (Wildman–Crippen LogP) is 12.2. The van der Waals surface area contributed by atoms with E-state index in [9.17, 15) is 33.8 Å². The predicted molar refractivity (Wildman–Crippen MR) is 263 cm³/mol. The number of allylic oxidation sites excluding steroid dienone is 11. The second kappa shape index (κ2) is 43.8. The van der Waals surface area contributed by atoms with Gasteiger partial charge in [0.1, 0.15) is 12.7 Å². The molecule has 0 aromatic rings. The number of phosphoric acid groups is 2. The van der Waals surface area contributed by atoms with Gasteiger partial charge in [-0.1, -0.05) is 196 Å². The maximum Gasteiger partial charge on any atom is 0.472 e. The van der Waals surface area contributed by atoms with Crippen LogP contribution in [0.5, 0.6) is 0 Å². The number of ether oxygens (including phenoxy) is 2. The Labute approximate surface area is 397 Å². The van der Waals surface area contributed by atoms with Gasteiger partial charge in [-0.3, -0.25) is 23.2 Å². The van der Waals surface area contributed by atoms with E-state index in [2.05, 4.69) is 78.4 Å². The normalized spacial score (nSPS) is 15.0. The molecule has 0 saturated carbocycles. The van der Waals surface area contributed by atoms with E-state index in [1.54, 1.807) is 18.2 Å². The molecule has 0 amide bonds. The molecule has 4 atom stereocenters. The summed E-state index contributed by atoms with van der Waals surface area (Å²) < 4.78 is 47.7. The van der Waals surface area contributed by atoms with E-state index in [1.807, 2.05) is 6.08 Å². The maximum atomic E-state index is 12.7. The Morgan fingerprint density at radius 3 is 1.47 bits per heavy atom. The molecule has 2 unspecified atom stereocenters. The number of hydrogen-bond acceptors (Lipinski definition) is 11. The van der Waals surface area contributed by atoms with Crippen molar-refractivity contribution in [2.24, 2.45) is 5.92 Å². The second-order valence-corrected chi connectivity index (χ2v) is 19.7. The van der Waals surface area contributed by atoms with Crippen LogP contribution in [-0.4, -0.2) is 81.6 Å². The average Bonchev–Trinajstić information content (AvgIpc) is 3.26. The molecule has 14 nitrogen and oxygen atoms in total. The lowest BCUT2D eigenvalue weighted by molar-refractivity contribution is -0.161. The standard InChI is InChI=1S/C50H88O14P2/c1-4-5-6-7-8-9-10-11-12-16-19-22-25-28-31-34-37-46(51)39-40-49(53)60-43-48(44-63-66(58,59)62-42-47(52)41-61-65(55,56)57)64-50(54)38-35-32-29-26-23-20-17-14-13-15-18-21-24-27-30-33-36-45(2)3/h5-6,8-9,11-12,19,22,28,31,34,37,45-48,51-52H,4,7,10,13-18,20-21,23-27,29-30,32-33,35-36,38-44H2,1-3H3,(H,58,59)(H2,55,56,57)/b6-5-,9-8-,12-11-,22-19-,31-28-,37-34-/t46?,47-,48+/m0/s1. The Bertz CT molecular complexity index is 1470. The third-order valence-corrected chi connectivity index (χ3v) is 11.6. The summed E-state index contributed by atoms with van der Waals surface area (Å²) in [4.78, 5) is 52.9. The summed E-state index contributed by atoms with van der Waals surface area (Å²) in [7, 11) is -9.76. The van der Waals surface area contributed by atoms with Crippen LogP contribution in [0.25, 0.3) is 0 Å². The summed E-state index contributed by atoms with van der Waals surface area (Å²) in [5.74, 6) is -0.500. The van der Waals surface area contributed by atoms with Gasteiger partial charge in [0.2, 0.25) is 0 Å². The highest BCUT2D eigenvalue weighted by molar-refractivity contribution is 7.47. The van der Waals surface area contributed by atoms with Crippen LogP contribution in [0.15, 0.2) is 72.9 Å². The Kier molecular flexibility index (Phi) is 42.1. The van der Waals surface area contributed by atoms with Gasteiger partial charge in [-0.15, -0.1) is 0 Å². The second-order valence-electron chi connectivity index (χ2n) is 17.0. The zero-order valence-corrected chi connectivity index (χ0v) is 42.3. The smallest absolute Gasteiger partial charge is 0.462 e. The lowest BCUT2D eigenvalue weighted by Crippen LogP contribution is -2.30. The number of hydrogen-bond donors (Lipinski definition) is 5. The fraction of sp³-hybridized carbons (Fsp3) is 0.720. The first-order valence-corrected chi connectivity index (χ1v) is 27.6.